The lowest BCUT2D eigenvalue weighted by Gasteiger charge is -2.14. The summed E-state index contributed by atoms with van der Waals surface area (Å²) in [6.45, 7) is 0. The molecule has 12 heteroatoms. The van der Waals surface area contributed by atoms with Crippen LogP contribution >= 0.6 is 11.6 Å². The summed E-state index contributed by atoms with van der Waals surface area (Å²) in [5.41, 5.74) is 4.79. The molecule has 6 rings (SSSR count). The van der Waals surface area contributed by atoms with Crippen molar-refractivity contribution < 1.29 is 42.9 Å². The number of halogens is 1. The summed E-state index contributed by atoms with van der Waals surface area (Å²) in [7, 11) is 5.56. The lowest BCUT2D eigenvalue weighted by atomic mass is 10.0. The molecule has 0 fully saturated rings. The SMILES string of the molecule is COC(=O)c1ccc2c(c1)N(C(=O)CCl)C(=O)/C2=C(/OC)c1ccccc1.COC(=O)c1ccc2c(c1)NC(=O)/C2=C(/OC)c1ccccc1. The van der Waals surface area contributed by atoms with Gasteiger partial charge in [0.25, 0.3) is 11.8 Å². The van der Waals surface area contributed by atoms with Gasteiger partial charge in [0.1, 0.15) is 17.4 Å². The van der Waals surface area contributed by atoms with Gasteiger partial charge in [-0.15, -0.1) is 11.6 Å². The van der Waals surface area contributed by atoms with Gasteiger partial charge in [0.15, 0.2) is 0 Å². The monoisotopic (exact) mass is 694 g/mol. The summed E-state index contributed by atoms with van der Waals surface area (Å²) in [4.78, 5) is 62.2. The fourth-order valence-electron chi connectivity index (χ4n) is 5.59. The van der Waals surface area contributed by atoms with E-state index in [4.69, 9.17) is 30.5 Å². The molecule has 4 aromatic carbocycles. The lowest BCUT2D eigenvalue weighted by Crippen LogP contribution is -2.34. The zero-order valence-corrected chi connectivity index (χ0v) is 28.2. The molecule has 0 bridgehead atoms. The van der Waals surface area contributed by atoms with Crippen LogP contribution in [-0.2, 0) is 33.3 Å². The Hall–Kier alpha value is -6.20. The molecule has 0 saturated carbocycles. The van der Waals surface area contributed by atoms with Crippen LogP contribution in [0.2, 0.25) is 0 Å². The highest BCUT2D eigenvalue weighted by molar-refractivity contribution is 6.46. The van der Waals surface area contributed by atoms with Gasteiger partial charge in [-0.05, 0) is 24.3 Å². The molecular weight excluding hydrogens is 664 g/mol. The summed E-state index contributed by atoms with van der Waals surface area (Å²) in [5.74, 6) is -1.99. The van der Waals surface area contributed by atoms with Crippen molar-refractivity contribution in [3.8, 4) is 0 Å². The van der Waals surface area contributed by atoms with Gasteiger partial charge in [-0.3, -0.25) is 14.4 Å². The van der Waals surface area contributed by atoms with Gasteiger partial charge in [0, 0.05) is 22.3 Å². The molecule has 2 aliphatic heterocycles. The predicted molar refractivity (Wildman–Crippen MR) is 188 cm³/mol. The van der Waals surface area contributed by atoms with E-state index in [-0.39, 0.29) is 28.6 Å². The average molecular weight is 695 g/mol. The first-order chi connectivity index (χ1) is 24.2. The molecular formula is C38H31ClN2O9. The first kappa shape index (κ1) is 35.1. The molecule has 254 valence electrons. The van der Waals surface area contributed by atoms with Crippen LogP contribution in [-0.4, -0.2) is 64.0 Å². The van der Waals surface area contributed by atoms with Gasteiger partial charge in [0.05, 0.1) is 62.1 Å². The van der Waals surface area contributed by atoms with Crippen LogP contribution in [0.5, 0.6) is 0 Å². The number of nitrogens with zero attached hydrogens (tertiary/aromatic N) is 1. The maximum absolute atomic E-state index is 13.1. The number of nitrogens with one attached hydrogen (secondary N) is 1. The molecule has 2 heterocycles. The number of benzene rings is 4. The minimum Gasteiger partial charge on any atom is -0.495 e. The number of ether oxygens (including phenoxy) is 4. The smallest absolute Gasteiger partial charge is 0.337 e. The highest BCUT2D eigenvalue weighted by Gasteiger charge is 2.39. The molecule has 0 radical (unpaired) electrons. The fraction of sp³-hybridized carbons (Fsp3) is 0.132. The molecule has 1 N–H and O–H groups in total. The summed E-state index contributed by atoms with van der Waals surface area (Å²) in [6, 6.07) is 28.0. The number of carbonyl (C=O) groups excluding carboxylic acids is 5. The number of imide groups is 1. The van der Waals surface area contributed by atoms with E-state index < -0.39 is 23.8 Å². The zero-order chi connectivity index (χ0) is 35.9. The van der Waals surface area contributed by atoms with Gasteiger partial charge >= 0.3 is 11.9 Å². The molecule has 0 atom stereocenters. The van der Waals surface area contributed by atoms with Crippen LogP contribution in [0, 0.1) is 0 Å². The number of anilines is 2. The van der Waals surface area contributed by atoms with Crippen LogP contribution in [0.4, 0.5) is 11.4 Å². The van der Waals surface area contributed by atoms with E-state index in [0.29, 0.717) is 45.0 Å². The number of amides is 3. The molecule has 4 aromatic rings. The molecule has 11 nitrogen and oxygen atoms in total. The van der Waals surface area contributed by atoms with Crippen LogP contribution in [0.25, 0.3) is 22.7 Å². The molecule has 2 aliphatic rings. The Morgan fingerprint density at radius 2 is 1.12 bits per heavy atom. The Morgan fingerprint density at radius 1 is 0.620 bits per heavy atom. The molecule has 0 unspecified atom stereocenters. The molecule has 0 saturated heterocycles. The standard InChI is InChI=1S/C20H16ClNO5.C18H15NO4/c1-26-18(12-6-4-3-5-7-12)17-14-9-8-13(20(25)27-2)10-15(14)22(19(17)24)16(23)11-21;1-22-16(11-6-4-3-5-7-11)15-13-9-8-12(18(21)23-2)10-14(13)19-17(15)20/h3-10H,11H2,1-2H3;3-10H,1-2H3,(H,19,20)/b18-17+;16-15+. The third kappa shape index (κ3) is 6.71. The summed E-state index contributed by atoms with van der Waals surface area (Å²) >= 11 is 5.69. The Balaban J connectivity index is 0.000000197. The highest BCUT2D eigenvalue weighted by Crippen LogP contribution is 2.42. The van der Waals surface area contributed by atoms with Gasteiger partial charge in [0.2, 0.25) is 5.91 Å². The predicted octanol–water partition coefficient (Wildman–Crippen LogP) is 6.04. The van der Waals surface area contributed by atoms with Crippen molar-refractivity contribution in [2.45, 2.75) is 0 Å². The van der Waals surface area contributed by atoms with E-state index in [1.165, 1.54) is 40.6 Å². The number of carbonyl (C=O) groups is 5. The Morgan fingerprint density at radius 3 is 1.62 bits per heavy atom. The minimum atomic E-state index is -0.594. The van der Waals surface area contributed by atoms with Crippen molar-refractivity contribution in [3.63, 3.8) is 0 Å². The van der Waals surface area contributed by atoms with E-state index in [0.717, 1.165) is 10.5 Å². The van der Waals surface area contributed by atoms with Crippen molar-refractivity contribution in [1.29, 1.82) is 0 Å². The number of rotatable bonds is 7. The van der Waals surface area contributed by atoms with Gasteiger partial charge in [-0.1, -0.05) is 72.8 Å². The Kier molecular flexibility index (Phi) is 10.8. The van der Waals surface area contributed by atoms with E-state index in [2.05, 4.69) is 5.32 Å². The first-order valence-corrected chi connectivity index (χ1v) is 15.6. The molecule has 0 aromatic heterocycles. The Labute approximate surface area is 292 Å². The van der Waals surface area contributed by atoms with Gasteiger partial charge < -0.3 is 24.3 Å². The van der Waals surface area contributed by atoms with Crippen molar-refractivity contribution in [1.82, 2.24) is 0 Å². The van der Waals surface area contributed by atoms with Crippen molar-refractivity contribution in [3.05, 3.63) is 130 Å². The summed E-state index contributed by atoms with van der Waals surface area (Å²) in [5, 5.41) is 2.77. The second kappa shape index (κ2) is 15.3. The Bertz CT molecular complexity index is 2060. The third-order valence-electron chi connectivity index (χ3n) is 7.83. The highest BCUT2D eigenvalue weighted by atomic mass is 35.5. The summed E-state index contributed by atoms with van der Waals surface area (Å²) < 4.78 is 20.4. The largest absolute Gasteiger partial charge is 0.495 e. The average Bonchev–Trinajstić information content (AvgIpc) is 3.64. The molecule has 50 heavy (non-hydrogen) atoms. The molecule has 0 aliphatic carbocycles. The number of hydrogen-bond donors (Lipinski definition) is 1. The third-order valence-corrected chi connectivity index (χ3v) is 8.06. The number of hydrogen-bond acceptors (Lipinski definition) is 9. The van der Waals surface area contributed by atoms with Crippen LogP contribution in [0.15, 0.2) is 97.1 Å². The molecule has 0 spiro atoms. The lowest BCUT2D eigenvalue weighted by molar-refractivity contribution is -0.122. The zero-order valence-electron chi connectivity index (χ0n) is 27.4. The second-order valence-corrected chi connectivity index (χ2v) is 10.9. The van der Waals surface area contributed by atoms with Crippen molar-refractivity contribution in [2.75, 3.05) is 44.5 Å². The van der Waals surface area contributed by atoms with E-state index >= 15 is 0 Å². The summed E-state index contributed by atoms with van der Waals surface area (Å²) in [6.07, 6.45) is 0. The number of alkyl halides is 1. The number of methoxy groups -OCH3 is 4. The maximum Gasteiger partial charge on any atom is 0.337 e. The quantitative estimate of drug-likeness (QED) is 0.106. The maximum atomic E-state index is 13.1. The van der Waals surface area contributed by atoms with Crippen molar-refractivity contribution >= 4 is 75.3 Å². The van der Waals surface area contributed by atoms with Gasteiger partial charge in [-0.2, -0.15) is 0 Å². The second-order valence-electron chi connectivity index (χ2n) is 10.6. The fourth-order valence-corrected chi connectivity index (χ4v) is 5.71. The normalized spacial score (nSPS) is 14.7. The van der Waals surface area contributed by atoms with Crippen LogP contribution in [0.1, 0.15) is 43.0 Å². The first-order valence-electron chi connectivity index (χ1n) is 15.1. The van der Waals surface area contributed by atoms with E-state index in [9.17, 15) is 24.0 Å². The number of esters is 2. The van der Waals surface area contributed by atoms with E-state index in [1.54, 1.807) is 36.4 Å². The topological polar surface area (TPSA) is 138 Å². The minimum absolute atomic E-state index is 0.219. The van der Waals surface area contributed by atoms with E-state index in [1.807, 2.05) is 48.5 Å². The van der Waals surface area contributed by atoms with Crippen molar-refractivity contribution in [2.24, 2.45) is 0 Å². The molecule has 3 amide bonds. The number of fused-ring (bicyclic) bond motifs is 2. The van der Waals surface area contributed by atoms with Crippen LogP contribution < -0.4 is 10.2 Å². The van der Waals surface area contributed by atoms with Crippen LogP contribution in [0.3, 0.4) is 0 Å². The van der Waals surface area contributed by atoms with Gasteiger partial charge in [-0.25, -0.2) is 14.5 Å².